The maximum atomic E-state index is 5.87. The van der Waals surface area contributed by atoms with Crippen molar-refractivity contribution in [2.75, 3.05) is 7.11 Å². The number of benzene rings is 1. The summed E-state index contributed by atoms with van der Waals surface area (Å²) in [4.78, 5) is 0. The number of methoxy groups -OCH3 is 1. The van der Waals surface area contributed by atoms with E-state index in [1.54, 1.807) is 11.6 Å². The van der Waals surface area contributed by atoms with Gasteiger partial charge in [0, 0.05) is 5.56 Å². The molecule has 1 atom stereocenters. The molecule has 0 saturated carbocycles. The van der Waals surface area contributed by atoms with E-state index < -0.39 is 0 Å². The maximum absolute atomic E-state index is 5.87. The van der Waals surface area contributed by atoms with Crippen LogP contribution in [-0.2, 0) is 0 Å². The summed E-state index contributed by atoms with van der Waals surface area (Å²) in [5.41, 5.74) is 8.39. The van der Waals surface area contributed by atoms with Crippen molar-refractivity contribution < 1.29 is 4.74 Å². The van der Waals surface area contributed by atoms with Gasteiger partial charge in [-0.05, 0) is 43.3 Å². The Kier molecular flexibility index (Phi) is 3.08. The highest BCUT2D eigenvalue weighted by molar-refractivity contribution is 5.61. The van der Waals surface area contributed by atoms with Gasteiger partial charge in [0.1, 0.15) is 5.75 Å². The fraction of sp³-hybridized carbons (Fsp3) is 0.214. The molecule has 2 aromatic heterocycles. The standard InChI is InChI=1S/C14H15N5O/c1-9(15)14-17-16-13-8-7-12(18-19(13)14)10-3-5-11(20-2)6-4-10/h3-9H,15H2,1-2H3/t9-/m0/s1. The lowest BCUT2D eigenvalue weighted by Crippen LogP contribution is -2.11. The molecule has 2 N–H and O–H groups in total. The maximum Gasteiger partial charge on any atom is 0.178 e. The van der Waals surface area contributed by atoms with Crippen LogP contribution < -0.4 is 10.5 Å². The smallest absolute Gasteiger partial charge is 0.178 e. The zero-order valence-electron chi connectivity index (χ0n) is 11.3. The predicted octanol–water partition coefficient (Wildman–Crippen LogP) is 1.82. The third-order valence-corrected chi connectivity index (χ3v) is 3.08. The van der Waals surface area contributed by atoms with Gasteiger partial charge < -0.3 is 10.5 Å². The minimum atomic E-state index is -0.219. The van der Waals surface area contributed by atoms with E-state index in [4.69, 9.17) is 10.5 Å². The molecule has 6 nitrogen and oxygen atoms in total. The Morgan fingerprint density at radius 1 is 1.10 bits per heavy atom. The minimum absolute atomic E-state index is 0.219. The first kappa shape index (κ1) is 12.6. The number of nitrogens with zero attached hydrogens (tertiary/aromatic N) is 4. The molecule has 0 fully saturated rings. The van der Waals surface area contributed by atoms with Crippen molar-refractivity contribution in [2.45, 2.75) is 13.0 Å². The summed E-state index contributed by atoms with van der Waals surface area (Å²) < 4.78 is 6.84. The monoisotopic (exact) mass is 269 g/mol. The van der Waals surface area contributed by atoms with Crippen molar-refractivity contribution in [1.82, 2.24) is 19.8 Å². The first-order valence-corrected chi connectivity index (χ1v) is 6.31. The number of hydrogen-bond donors (Lipinski definition) is 1. The van der Waals surface area contributed by atoms with Gasteiger partial charge >= 0.3 is 0 Å². The average Bonchev–Trinajstić information content (AvgIpc) is 2.90. The molecular weight excluding hydrogens is 254 g/mol. The van der Waals surface area contributed by atoms with Crippen LogP contribution in [0.2, 0.25) is 0 Å². The van der Waals surface area contributed by atoms with E-state index >= 15 is 0 Å². The van der Waals surface area contributed by atoms with E-state index in [9.17, 15) is 0 Å². The van der Waals surface area contributed by atoms with Gasteiger partial charge in [-0.2, -0.15) is 9.61 Å². The van der Waals surface area contributed by atoms with Crippen molar-refractivity contribution in [3.8, 4) is 17.0 Å². The molecule has 0 saturated heterocycles. The lowest BCUT2D eigenvalue weighted by Gasteiger charge is -2.05. The van der Waals surface area contributed by atoms with Crippen LogP contribution in [0.15, 0.2) is 36.4 Å². The van der Waals surface area contributed by atoms with Gasteiger partial charge in [0.2, 0.25) is 0 Å². The van der Waals surface area contributed by atoms with Crippen LogP contribution in [0.25, 0.3) is 16.9 Å². The number of hydrogen-bond acceptors (Lipinski definition) is 5. The second-order valence-electron chi connectivity index (χ2n) is 4.56. The van der Waals surface area contributed by atoms with Gasteiger partial charge in [0.15, 0.2) is 11.5 Å². The average molecular weight is 269 g/mol. The summed E-state index contributed by atoms with van der Waals surface area (Å²) in [6.07, 6.45) is 0. The second-order valence-corrected chi connectivity index (χ2v) is 4.56. The molecule has 102 valence electrons. The van der Waals surface area contributed by atoms with Crippen LogP contribution in [0.4, 0.5) is 0 Å². The summed E-state index contributed by atoms with van der Waals surface area (Å²) in [6, 6.07) is 11.3. The summed E-state index contributed by atoms with van der Waals surface area (Å²) in [6.45, 7) is 1.86. The molecule has 3 aromatic rings. The Morgan fingerprint density at radius 2 is 1.85 bits per heavy atom. The van der Waals surface area contributed by atoms with Crippen LogP contribution in [0.5, 0.6) is 5.75 Å². The normalized spacial score (nSPS) is 12.6. The first-order chi connectivity index (χ1) is 9.69. The van der Waals surface area contributed by atoms with E-state index in [-0.39, 0.29) is 6.04 Å². The van der Waals surface area contributed by atoms with E-state index in [1.165, 1.54) is 0 Å². The molecule has 0 aliphatic heterocycles. The zero-order chi connectivity index (χ0) is 14.1. The van der Waals surface area contributed by atoms with Crippen LogP contribution in [0.1, 0.15) is 18.8 Å². The lowest BCUT2D eigenvalue weighted by molar-refractivity contribution is 0.415. The summed E-state index contributed by atoms with van der Waals surface area (Å²) in [7, 11) is 1.64. The zero-order valence-corrected chi connectivity index (χ0v) is 11.3. The Morgan fingerprint density at radius 3 is 2.50 bits per heavy atom. The number of nitrogens with two attached hydrogens (primary N) is 1. The number of ether oxygens (including phenoxy) is 1. The minimum Gasteiger partial charge on any atom is -0.497 e. The van der Waals surface area contributed by atoms with Gasteiger partial charge in [-0.15, -0.1) is 10.2 Å². The highest BCUT2D eigenvalue weighted by Crippen LogP contribution is 2.21. The second kappa shape index (κ2) is 4.90. The molecule has 0 bridgehead atoms. The van der Waals surface area contributed by atoms with Gasteiger partial charge in [-0.1, -0.05) is 0 Å². The summed E-state index contributed by atoms with van der Waals surface area (Å²) in [5, 5.41) is 12.7. The largest absolute Gasteiger partial charge is 0.497 e. The Balaban J connectivity index is 2.08. The van der Waals surface area contributed by atoms with Crippen molar-refractivity contribution in [3.05, 3.63) is 42.2 Å². The molecular formula is C14H15N5O. The number of aromatic nitrogens is 4. The van der Waals surface area contributed by atoms with Gasteiger partial charge in [-0.25, -0.2) is 0 Å². The molecule has 6 heteroatoms. The van der Waals surface area contributed by atoms with E-state index in [2.05, 4.69) is 15.3 Å². The molecule has 0 radical (unpaired) electrons. The molecule has 0 aliphatic carbocycles. The van der Waals surface area contributed by atoms with Crippen LogP contribution in [-0.4, -0.2) is 26.9 Å². The third-order valence-electron chi connectivity index (χ3n) is 3.08. The molecule has 20 heavy (non-hydrogen) atoms. The first-order valence-electron chi connectivity index (χ1n) is 6.31. The topological polar surface area (TPSA) is 78.3 Å². The Bertz CT molecular complexity index is 733. The quantitative estimate of drug-likeness (QED) is 0.784. The van der Waals surface area contributed by atoms with Gasteiger partial charge in [-0.3, -0.25) is 0 Å². The van der Waals surface area contributed by atoms with E-state index in [0.717, 1.165) is 17.0 Å². The molecule has 0 spiro atoms. The van der Waals surface area contributed by atoms with Gasteiger partial charge in [0.25, 0.3) is 0 Å². The highest BCUT2D eigenvalue weighted by atomic mass is 16.5. The molecule has 1 aromatic carbocycles. The molecule has 3 rings (SSSR count). The predicted molar refractivity (Wildman–Crippen MR) is 75.4 cm³/mol. The Hall–Kier alpha value is -2.47. The van der Waals surface area contributed by atoms with E-state index in [0.29, 0.717) is 11.5 Å². The highest BCUT2D eigenvalue weighted by Gasteiger charge is 2.11. The summed E-state index contributed by atoms with van der Waals surface area (Å²) >= 11 is 0. The molecule has 0 unspecified atom stereocenters. The number of rotatable bonds is 3. The van der Waals surface area contributed by atoms with Crippen LogP contribution in [0, 0.1) is 0 Å². The van der Waals surface area contributed by atoms with Crippen molar-refractivity contribution in [1.29, 1.82) is 0 Å². The van der Waals surface area contributed by atoms with Crippen LogP contribution >= 0.6 is 0 Å². The SMILES string of the molecule is COc1ccc(-c2ccc3nnc([C@H](C)N)n3n2)cc1. The summed E-state index contributed by atoms with van der Waals surface area (Å²) in [5.74, 6) is 1.46. The van der Waals surface area contributed by atoms with Crippen molar-refractivity contribution in [2.24, 2.45) is 5.73 Å². The fourth-order valence-electron chi connectivity index (χ4n) is 2.01. The Labute approximate surface area is 116 Å². The van der Waals surface area contributed by atoms with Gasteiger partial charge in [0.05, 0.1) is 18.8 Å². The number of fused-ring (bicyclic) bond motifs is 1. The van der Waals surface area contributed by atoms with E-state index in [1.807, 2.05) is 43.3 Å². The van der Waals surface area contributed by atoms with Crippen molar-refractivity contribution in [3.63, 3.8) is 0 Å². The molecule has 2 heterocycles. The molecule has 0 aliphatic rings. The van der Waals surface area contributed by atoms with Crippen LogP contribution in [0.3, 0.4) is 0 Å². The fourth-order valence-corrected chi connectivity index (χ4v) is 2.01. The van der Waals surface area contributed by atoms with Crippen molar-refractivity contribution >= 4 is 5.65 Å². The third kappa shape index (κ3) is 2.10. The molecule has 0 amide bonds. The lowest BCUT2D eigenvalue weighted by atomic mass is 10.1.